The standard InChI is InChI=1S/C12H13Cl2NO3/c13-8-4-3-5-9(12(8)14)15-10(16)6-1-2-7-11(17)18/h3-5H,1-2,6-7H2,(H,15,16)(H,17,18). The molecule has 0 saturated heterocycles. The number of aliphatic carboxylic acids is 1. The highest BCUT2D eigenvalue weighted by molar-refractivity contribution is 6.43. The van der Waals surface area contributed by atoms with Crippen LogP contribution >= 0.6 is 23.2 Å². The quantitative estimate of drug-likeness (QED) is 0.787. The number of carbonyl (C=O) groups excluding carboxylic acids is 1. The molecular formula is C12H13Cl2NO3. The summed E-state index contributed by atoms with van der Waals surface area (Å²) in [6.07, 6.45) is 1.34. The molecule has 1 aromatic rings. The lowest BCUT2D eigenvalue weighted by atomic mass is 10.2. The number of carboxylic acid groups (broad SMARTS) is 1. The lowest BCUT2D eigenvalue weighted by Gasteiger charge is -2.07. The fourth-order valence-electron chi connectivity index (χ4n) is 1.37. The summed E-state index contributed by atoms with van der Waals surface area (Å²) >= 11 is 11.7. The van der Waals surface area contributed by atoms with E-state index in [0.717, 1.165) is 0 Å². The molecule has 0 atom stereocenters. The normalized spacial score (nSPS) is 10.1. The van der Waals surface area contributed by atoms with Crippen molar-refractivity contribution in [2.45, 2.75) is 25.7 Å². The number of rotatable bonds is 6. The van der Waals surface area contributed by atoms with Gasteiger partial charge in [0.15, 0.2) is 0 Å². The molecule has 0 unspecified atom stereocenters. The molecule has 0 fully saturated rings. The molecule has 98 valence electrons. The second-order valence-corrected chi connectivity index (χ2v) is 4.54. The van der Waals surface area contributed by atoms with Gasteiger partial charge in [-0.2, -0.15) is 0 Å². The number of anilines is 1. The predicted molar refractivity (Wildman–Crippen MR) is 71.2 cm³/mol. The van der Waals surface area contributed by atoms with Crippen molar-refractivity contribution in [2.75, 3.05) is 5.32 Å². The van der Waals surface area contributed by atoms with Crippen LogP contribution in [0.4, 0.5) is 5.69 Å². The van der Waals surface area contributed by atoms with E-state index in [4.69, 9.17) is 28.3 Å². The molecule has 2 N–H and O–H groups in total. The van der Waals surface area contributed by atoms with Gasteiger partial charge in [-0.05, 0) is 25.0 Å². The van der Waals surface area contributed by atoms with Crippen molar-refractivity contribution in [3.05, 3.63) is 28.2 Å². The summed E-state index contributed by atoms with van der Waals surface area (Å²) < 4.78 is 0. The minimum absolute atomic E-state index is 0.0746. The van der Waals surface area contributed by atoms with E-state index >= 15 is 0 Å². The van der Waals surface area contributed by atoms with Crippen LogP contribution < -0.4 is 5.32 Å². The predicted octanol–water partition coefficient (Wildman–Crippen LogP) is 3.58. The van der Waals surface area contributed by atoms with Crippen LogP contribution in [0, 0.1) is 0 Å². The fourth-order valence-corrected chi connectivity index (χ4v) is 1.72. The van der Waals surface area contributed by atoms with E-state index in [1.165, 1.54) is 0 Å². The molecule has 0 saturated carbocycles. The molecule has 1 amide bonds. The molecule has 6 heteroatoms. The van der Waals surface area contributed by atoms with Crippen LogP contribution in [-0.2, 0) is 9.59 Å². The van der Waals surface area contributed by atoms with Crippen LogP contribution in [0.1, 0.15) is 25.7 Å². The zero-order chi connectivity index (χ0) is 13.5. The van der Waals surface area contributed by atoms with Crippen molar-refractivity contribution >= 4 is 40.8 Å². The Kier molecular flexibility index (Phi) is 5.95. The van der Waals surface area contributed by atoms with Gasteiger partial charge in [-0.15, -0.1) is 0 Å². The second kappa shape index (κ2) is 7.24. The van der Waals surface area contributed by atoms with E-state index in [1.807, 2.05) is 0 Å². The molecule has 0 bridgehead atoms. The fraction of sp³-hybridized carbons (Fsp3) is 0.333. The zero-order valence-electron chi connectivity index (χ0n) is 9.58. The first-order valence-electron chi connectivity index (χ1n) is 5.46. The van der Waals surface area contributed by atoms with Crippen LogP contribution in [0.2, 0.25) is 10.0 Å². The number of halogens is 2. The first-order chi connectivity index (χ1) is 8.50. The maximum Gasteiger partial charge on any atom is 0.303 e. The Bertz CT molecular complexity index is 449. The van der Waals surface area contributed by atoms with Crippen LogP contribution in [0.25, 0.3) is 0 Å². The van der Waals surface area contributed by atoms with E-state index in [-0.39, 0.29) is 18.7 Å². The Morgan fingerprint density at radius 2 is 1.83 bits per heavy atom. The Hall–Kier alpha value is -1.26. The Balaban J connectivity index is 2.40. The smallest absolute Gasteiger partial charge is 0.303 e. The lowest BCUT2D eigenvalue weighted by molar-refractivity contribution is -0.137. The van der Waals surface area contributed by atoms with Crippen LogP contribution in [0.5, 0.6) is 0 Å². The molecule has 4 nitrogen and oxygen atoms in total. The van der Waals surface area contributed by atoms with Crippen molar-refractivity contribution in [1.29, 1.82) is 0 Å². The average Bonchev–Trinajstić information content (AvgIpc) is 2.30. The van der Waals surface area contributed by atoms with E-state index < -0.39 is 5.97 Å². The number of carbonyl (C=O) groups is 2. The van der Waals surface area contributed by atoms with Crippen LogP contribution in [0.3, 0.4) is 0 Å². The van der Waals surface area contributed by atoms with Gasteiger partial charge in [-0.3, -0.25) is 9.59 Å². The second-order valence-electron chi connectivity index (χ2n) is 3.75. The highest BCUT2D eigenvalue weighted by atomic mass is 35.5. The van der Waals surface area contributed by atoms with E-state index in [9.17, 15) is 9.59 Å². The maximum absolute atomic E-state index is 11.6. The Morgan fingerprint density at radius 1 is 1.17 bits per heavy atom. The van der Waals surface area contributed by atoms with Gasteiger partial charge >= 0.3 is 5.97 Å². The number of benzene rings is 1. The number of nitrogens with one attached hydrogen (secondary N) is 1. The third-order valence-corrected chi connectivity index (χ3v) is 3.09. The average molecular weight is 290 g/mol. The van der Waals surface area contributed by atoms with E-state index in [0.29, 0.717) is 28.6 Å². The number of carboxylic acids is 1. The lowest BCUT2D eigenvalue weighted by Crippen LogP contribution is -2.11. The third-order valence-electron chi connectivity index (χ3n) is 2.27. The van der Waals surface area contributed by atoms with Gasteiger partial charge in [0.1, 0.15) is 0 Å². The summed E-state index contributed by atoms with van der Waals surface area (Å²) in [6, 6.07) is 4.98. The summed E-state index contributed by atoms with van der Waals surface area (Å²) in [5.41, 5.74) is 0.465. The van der Waals surface area contributed by atoms with Gasteiger partial charge in [0.25, 0.3) is 0 Å². The molecule has 0 radical (unpaired) electrons. The molecule has 0 aliphatic carbocycles. The van der Waals surface area contributed by atoms with Crippen molar-refractivity contribution < 1.29 is 14.7 Å². The molecule has 0 spiro atoms. The number of hydrogen-bond acceptors (Lipinski definition) is 2. The molecular weight excluding hydrogens is 277 g/mol. The van der Waals surface area contributed by atoms with Gasteiger partial charge in [-0.1, -0.05) is 29.3 Å². The van der Waals surface area contributed by atoms with Crippen molar-refractivity contribution in [3.8, 4) is 0 Å². The molecule has 0 aliphatic rings. The van der Waals surface area contributed by atoms with Gasteiger partial charge < -0.3 is 10.4 Å². The number of unbranched alkanes of at least 4 members (excludes halogenated alkanes) is 1. The highest BCUT2D eigenvalue weighted by Crippen LogP contribution is 2.29. The Labute approximate surface area is 115 Å². The van der Waals surface area contributed by atoms with Gasteiger partial charge in [0, 0.05) is 12.8 Å². The topological polar surface area (TPSA) is 66.4 Å². The summed E-state index contributed by atoms with van der Waals surface area (Å²) in [5, 5.41) is 11.8. The van der Waals surface area contributed by atoms with E-state index in [2.05, 4.69) is 5.32 Å². The molecule has 0 aliphatic heterocycles. The summed E-state index contributed by atoms with van der Waals surface area (Å²) in [4.78, 5) is 21.8. The minimum Gasteiger partial charge on any atom is -0.481 e. The van der Waals surface area contributed by atoms with Crippen LogP contribution in [0.15, 0.2) is 18.2 Å². The summed E-state index contributed by atoms with van der Waals surface area (Å²) in [5.74, 6) is -1.06. The third kappa shape index (κ3) is 4.94. The van der Waals surface area contributed by atoms with E-state index in [1.54, 1.807) is 18.2 Å². The van der Waals surface area contributed by atoms with Gasteiger partial charge in [0.2, 0.25) is 5.91 Å². The molecule has 0 heterocycles. The minimum atomic E-state index is -0.853. The SMILES string of the molecule is O=C(O)CCCCC(=O)Nc1cccc(Cl)c1Cl. The van der Waals surface area contributed by atoms with Gasteiger partial charge in [0.05, 0.1) is 15.7 Å². The van der Waals surface area contributed by atoms with Crippen molar-refractivity contribution in [3.63, 3.8) is 0 Å². The molecule has 1 aromatic carbocycles. The van der Waals surface area contributed by atoms with Crippen LogP contribution in [-0.4, -0.2) is 17.0 Å². The largest absolute Gasteiger partial charge is 0.481 e. The summed E-state index contributed by atoms with van der Waals surface area (Å²) in [6.45, 7) is 0. The van der Waals surface area contributed by atoms with Crippen molar-refractivity contribution in [1.82, 2.24) is 0 Å². The maximum atomic E-state index is 11.6. The molecule has 18 heavy (non-hydrogen) atoms. The van der Waals surface area contributed by atoms with Crippen molar-refractivity contribution in [2.24, 2.45) is 0 Å². The number of hydrogen-bond donors (Lipinski definition) is 2. The monoisotopic (exact) mass is 289 g/mol. The number of amides is 1. The first kappa shape index (κ1) is 14.8. The molecule has 1 rings (SSSR count). The van der Waals surface area contributed by atoms with Gasteiger partial charge in [-0.25, -0.2) is 0 Å². The first-order valence-corrected chi connectivity index (χ1v) is 6.22. The Morgan fingerprint density at radius 3 is 2.50 bits per heavy atom. The molecule has 0 aromatic heterocycles. The highest BCUT2D eigenvalue weighted by Gasteiger charge is 2.08. The summed E-state index contributed by atoms with van der Waals surface area (Å²) in [7, 11) is 0. The zero-order valence-corrected chi connectivity index (χ0v) is 11.1.